The molecule has 2 N–H and O–H groups in total. The topological polar surface area (TPSA) is 98.6 Å². The van der Waals surface area contributed by atoms with Crippen molar-refractivity contribution in [3.8, 4) is 11.4 Å². The summed E-state index contributed by atoms with van der Waals surface area (Å²) in [6, 6.07) is 6.30. The predicted octanol–water partition coefficient (Wildman–Crippen LogP) is 4.67. The van der Waals surface area contributed by atoms with Crippen molar-refractivity contribution in [2.75, 3.05) is 27.4 Å². The molecule has 3 heterocycles. The summed E-state index contributed by atoms with van der Waals surface area (Å²) >= 11 is 0. The molecule has 1 unspecified atom stereocenters. The van der Waals surface area contributed by atoms with Crippen molar-refractivity contribution in [2.24, 2.45) is 0 Å². The minimum atomic E-state index is -1.06. The maximum atomic E-state index is 16.2. The van der Waals surface area contributed by atoms with E-state index < -0.39 is 35.0 Å². The van der Waals surface area contributed by atoms with Gasteiger partial charge in [-0.3, -0.25) is 5.10 Å². The van der Waals surface area contributed by atoms with Crippen LogP contribution in [0.25, 0.3) is 27.5 Å². The van der Waals surface area contributed by atoms with Crippen molar-refractivity contribution >= 4 is 27.8 Å². The van der Waals surface area contributed by atoms with Crippen LogP contribution in [0.5, 0.6) is 5.75 Å². The second-order valence-electron chi connectivity index (χ2n) is 9.75. The van der Waals surface area contributed by atoms with Gasteiger partial charge in [-0.15, -0.1) is 0 Å². The molecule has 1 fully saturated rings. The second-order valence-corrected chi connectivity index (χ2v) is 9.75. The molecule has 2 aromatic heterocycles. The molecule has 1 aliphatic heterocycles. The molecular weight excluding hydrogens is 472 g/mol. The lowest BCUT2D eigenvalue weighted by Crippen LogP contribution is -2.29. The van der Waals surface area contributed by atoms with Crippen LogP contribution in [-0.4, -0.2) is 59.4 Å². The Morgan fingerprint density at radius 3 is 2.75 bits per heavy atom. The monoisotopic (exact) mass is 499 g/mol. The van der Waals surface area contributed by atoms with Gasteiger partial charge in [-0.25, -0.2) is 13.6 Å². The van der Waals surface area contributed by atoms with Crippen molar-refractivity contribution in [1.82, 2.24) is 14.8 Å². The van der Waals surface area contributed by atoms with Crippen molar-refractivity contribution in [2.45, 2.75) is 37.7 Å². The number of aliphatic carboxylic acids is 1. The summed E-state index contributed by atoms with van der Waals surface area (Å²) in [7, 11) is 2.97. The fraction of sp³-hybridized carbons (Fsp3) is 0.385. The number of carboxylic acid groups (broad SMARTS) is 1. The average molecular weight is 500 g/mol. The Labute approximate surface area is 205 Å². The van der Waals surface area contributed by atoms with Crippen molar-refractivity contribution < 1.29 is 32.9 Å². The molecule has 0 radical (unpaired) electrons. The molecule has 8 nitrogen and oxygen atoms in total. The van der Waals surface area contributed by atoms with E-state index in [-0.39, 0.29) is 24.3 Å². The number of hydrogen-bond donors (Lipinski definition) is 2. The zero-order valence-electron chi connectivity index (χ0n) is 20.4. The van der Waals surface area contributed by atoms with Gasteiger partial charge in [-0.05, 0) is 30.2 Å². The highest BCUT2D eigenvalue weighted by molar-refractivity contribution is 6.00. The van der Waals surface area contributed by atoms with E-state index in [1.807, 2.05) is 24.5 Å². The van der Waals surface area contributed by atoms with Gasteiger partial charge in [0.15, 0.2) is 23.5 Å². The number of H-pyrrole nitrogens is 1. The van der Waals surface area contributed by atoms with Gasteiger partial charge < -0.3 is 23.9 Å². The van der Waals surface area contributed by atoms with E-state index in [9.17, 15) is 14.3 Å². The normalized spacial score (nSPS) is 18.4. The highest BCUT2D eigenvalue weighted by Crippen LogP contribution is 2.46. The third-order valence-corrected chi connectivity index (χ3v) is 6.86. The van der Waals surface area contributed by atoms with Gasteiger partial charge in [-0.2, -0.15) is 5.10 Å². The van der Waals surface area contributed by atoms with Crippen LogP contribution < -0.4 is 4.74 Å². The van der Waals surface area contributed by atoms with Crippen LogP contribution >= 0.6 is 0 Å². The van der Waals surface area contributed by atoms with E-state index >= 15 is 4.39 Å². The largest absolute Gasteiger partial charge is 0.494 e. The number of aromatic amines is 1. The molecule has 2 atom stereocenters. The lowest BCUT2D eigenvalue weighted by molar-refractivity contribution is -0.147. The Morgan fingerprint density at radius 1 is 1.31 bits per heavy atom. The van der Waals surface area contributed by atoms with E-state index in [2.05, 4.69) is 10.2 Å². The number of benzene rings is 2. The summed E-state index contributed by atoms with van der Waals surface area (Å²) in [4.78, 5) is 11.7. The molecule has 0 spiro atoms. The van der Waals surface area contributed by atoms with Crippen molar-refractivity contribution in [1.29, 1.82) is 0 Å². The Kier molecular flexibility index (Phi) is 5.96. The van der Waals surface area contributed by atoms with Crippen LogP contribution in [0.1, 0.15) is 37.4 Å². The molecule has 0 amide bonds. The van der Waals surface area contributed by atoms with Gasteiger partial charge in [0, 0.05) is 46.7 Å². The summed E-state index contributed by atoms with van der Waals surface area (Å²) in [6.07, 6.45) is 0.744. The quantitative estimate of drug-likeness (QED) is 0.383. The number of methoxy groups -OCH3 is 2. The first-order valence-electron chi connectivity index (χ1n) is 11.6. The van der Waals surface area contributed by atoms with Crippen molar-refractivity contribution in [3.05, 3.63) is 53.4 Å². The third kappa shape index (κ3) is 3.72. The Bertz CT molecular complexity index is 1480. The van der Waals surface area contributed by atoms with Gasteiger partial charge in [0.25, 0.3) is 0 Å². The minimum absolute atomic E-state index is 0.0476. The van der Waals surface area contributed by atoms with Crippen LogP contribution in [0.15, 0.2) is 30.5 Å². The molecule has 10 heteroatoms. The minimum Gasteiger partial charge on any atom is -0.494 e. The number of hydrogen-bond acceptors (Lipinski definition) is 5. The van der Waals surface area contributed by atoms with Crippen LogP contribution in [0.4, 0.5) is 8.78 Å². The van der Waals surface area contributed by atoms with Crippen LogP contribution in [0.2, 0.25) is 0 Å². The summed E-state index contributed by atoms with van der Waals surface area (Å²) in [5.41, 5.74) is 2.09. The highest BCUT2D eigenvalue weighted by atomic mass is 19.1. The molecule has 0 saturated carbocycles. The molecule has 1 aliphatic rings. The molecule has 5 rings (SSSR count). The first-order valence-corrected chi connectivity index (χ1v) is 11.6. The summed E-state index contributed by atoms with van der Waals surface area (Å²) in [5.74, 6) is -2.41. The number of ether oxygens (including phenoxy) is 3. The van der Waals surface area contributed by atoms with Crippen LogP contribution in [0.3, 0.4) is 0 Å². The number of aromatic nitrogens is 3. The molecule has 36 heavy (non-hydrogen) atoms. The predicted molar refractivity (Wildman–Crippen MR) is 129 cm³/mol. The maximum Gasteiger partial charge on any atom is 0.332 e. The summed E-state index contributed by atoms with van der Waals surface area (Å²) < 4.78 is 48.8. The van der Waals surface area contributed by atoms with Gasteiger partial charge in [0.2, 0.25) is 0 Å². The molecule has 4 aromatic rings. The fourth-order valence-corrected chi connectivity index (χ4v) is 5.38. The third-order valence-electron chi connectivity index (χ3n) is 6.86. The molecule has 2 aromatic carbocycles. The lowest BCUT2D eigenvalue weighted by Gasteiger charge is -2.29. The number of carboxylic acids is 1. The van der Waals surface area contributed by atoms with Crippen LogP contribution in [-0.2, 0) is 19.7 Å². The first kappa shape index (κ1) is 24.2. The molecule has 190 valence electrons. The zero-order chi connectivity index (χ0) is 25.8. The molecule has 1 saturated heterocycles. The molecule has 0 bridgehead atoms. The maximum absolute atomic E-state index is 16.2. The zero-order valence-corrected chi connectivity index (χ0v) is 20.4. The van der Waals surface area contributed by atoms with E-state index in [1.54, 1.807) is 25.4 Å². The van der Waals surface area contributed by atoms with E-state index in [1.165, 1.54) is 13.2 Å². The number of fused-ring (bicyclic) bond motifs is 2. The number of nitrogens with zero attached hydrogens (tertiary/aromatic N) is 2. The lowest BCUT2D eigenvalue weighted by atomic mass is 9.82. The second kappa shape index (κ2) is 8.86. The summed E-state index contributed by atoms with van der Waals surface area (Å²) in [6.45, 7) is 4.37. The van der Waals surface area contributed by atoms with Crippen molar-refractivity contribution in [3.63, 3.8) is 0 Å². The van der Waals surface area contributed by atoms with Gasteiger partial charge in [0.1, 0.15) is 5.52 Å². The summed E-state index contributed by atoms with van der Waals surface area (Å²) in [5, 5.41) is 17.2. The number of rotatable bonds is 7. The fourth-order valence-electron chi connectivity index (χ4n) is 5.38. The number of nitrogens with one attached hydrogen (secondary N) is 1. The van der Waals surface area contributed by atoms with Gasteiger partial charge >= 0.3 is 5.97 Å². The van der Waals surface area contributed by atoms with Gasteiger partial charge in [0.05, 0.1) is 32.0 Å². The van der Waals surface area contributed by atoms with Crippen LogP contribution in [0, 0.1) is 11.6 Å². The molecular formula is C26H27F2N3O5. The van der Waals surface area contributed by atoms with E-state index in [4.69, 9.17) is 14.2 Å². The number of halogens is 2. The van der Waals surface area contributed by atoms with E-state index in [0.29, 0.717) is 34.1 Å². The van der Waals surface area contributed by atoms with E-state index in [0.717, 1.165) is 5.69 Å². The average Bonchev–Trinajstić information content (AvgIpc) is 3.57. The Hall–Kier alpha value is -3.50. The number of carbonyl (C=O) groups is 1. The standard InChI is InChI=1S/C26H27F2N3O5/c1-26(2,12-34-3)24-20(14-8-19(25(32)33)36-11-14)21-17(7-13-10-29-30-23(13)22(21)28)31(24)15-5-6-16(27)18(9-15)35-4/h5-7,9-10,14,19H,8,11-12H2,1-4H3,(H,29,30)(H,32,33)/t14-,19?/m0/s1. The molecule has 0 aliphatic carbocycles. The van der Waals surface area contributed by atoms with Gasteiger partial charge in [-0.1, -0.05) is 13.8 Å². The Morgan fingerprint density at radius 2 is 2.08 bits per heavy atom. The Balaban J connectivity index is 1.92. The highest BCUT2D eigenvalue weighted by Gasteiger charge is 2.40. The SMILES string of the molecule is COCC(C)(C)c1c([C@@H]2COC(C(=O)O)C2)c2c(F)c3[nH]ncc3cc2n1-c1ccc(F)c(OC)c1. The first-order chi connectivity index (χ1) is 17.2. The smallest absolute Gasteiger partial charge is 0.332 e.